The molecule has 0 saturated heterocycles. The highest BCUT2D eigenvalue weighted by atomic mass is 19.4. The molecule has 0 amide bonds. The summed E-state index contributed by atoms with van der Waals surface area (Å²) in [7, 11) is 1.55. The van der Waals surface area contributed by atoms with Gasteiger partial charge in [0.1, 0.15) is 23.0 Å². The maximum Gasteiger partial charge on any atom is 0.416 e. The predicted octanol–water partition coefficient (Wildman–Crippen LogP) is 5.88. The summed E-state index contributed by atoms with van der Waals surface area (Å²) in [5.41, 5.74) is 0.736. The van der Waals surface area contributed by atoms with Crippen LogP contribution in [0.4, 0.5) is 17.6 Å². The van der Waals surface area contributed by atoms with Crippen LogP contribution in [-0.2, 0) is 19.3 Å². The number of methoxy groups -OCH3 is 1. The van der Waals surface area contributed by atoms with Gasteiger partial charge in [-0.1, -0.05) is 12.1 Å². The summed E-state index contributed by atoms with van der Waals surface area (Å²) in [6, 6.07) is 16.0. The SMILES string of the molecule is COc1ccc(Oc2nc3ccc(C(F)(F)F)cc3nc2CNCc2ccc(F)cc2)cc1. The van der Waals surface area contributed by atoms with Gasteiger partial charge in [-0.25, -0.2) is 14.4 Å². The lowest BCUT2D eigenvalue weighted by molar-refractivity contribution is -0.137. The van der Waals surface area contributed by atoms with E-state index >= 15 is 0 Å². The van der Waals surface area contributed by atoms with Crippen molar-refractivity contribution < 1.29 is 27.0 Å². The van der Waals surface area contributed by atoms with Gasteiger partial charge in [0, 0.05) is 13.1 Å². The van der Waals surface area contributed by atoms with E-state index in [1.54, 1.807) is 43.5 Å². The summed E-state index contributed by atoms with van der Waals surface area (Å²) in [4.78, 5) is 8.79. The van der Waals surface area contributed by atoms with Gasteiger partial charge in [-0.05, 0) is 60.2 Å². The van der Waals surface area contributed by atoms with Gasteiger partial charge in [-0.2, -0.15) is 13.2 Å². The summed E-state index contributed by atoms with van der Waals surface area (Å²) in [5, 5.41) is 3.14. The molecule has 0 aliphatic heterocycles. The van der Waals surface area contributed by atoms with Gasteiger partial charge in [0.25, 0.3) is 0 Å². The zero-order chi connectivity index (χ0) is 23.4. The zero-order valence-electron chi connectivity index (χ0n) is 17.5. The second-order valence-corrected chi connectivity index (χ2v) is 7.18. The smallest absolute Gasteiger partial charge is 0.416 e. The lowest BCUT2D eigenvalue weighted by Crippen LogP contribution is -2.15. The van der Waals surface area contributed by atoms with Gasteiger partial charge in [0.15, 0.2) is 0 Å². The average molecular weight is 457 g/mol. The average Bonchev–Trinajstić information content (AvgIpc) is 2.80. The fourth-order valence-corrected chi connectivity index (χ4v) is 3.13. The molecule has 0 aliphatic carbocycles. The van der Waals surface area contributed by atoms with Crippen LogP contribution in [0.3, 0.4) is 0 Å². The Morgan fingerprint density at radius 2 is 1.52 bits per heavy atom. The van der Waals surface area contributed by atoms with Gasteiger partial charge < -0.3 is 14.8 Å². The summed E-state index contributed by atoms with van der Waals surface area (Å²) >= 11 is 0. The highest BCUT2D eigenvalue weighted by Crippen LogP contribution is 2.32. The maximum absolute atomic E-state index is 13.1. The van der Waals surface area contributed by atoms with Gasteiger partial charge in [-0.3, -0.25) is 0 Å². The Hall–Kier alpha value is -3.72. The second kappa shape index (κ2) is 9.41. The van der Waals surface area contributed by atoms with Crippen LogP contribution in [0.5, 0.6) is 17.4 Å². The third kappa shape index (κ3) is 5.56. The van der Waals surface area contributed by atoms with Crippen LogP contribution in [0.1, 0.15) is 16.8 Å². The van der Waals surface area contributed by atoms with Crippen molar-refractivity contribution in [1.29, 1.82) is 0 Å². The van der Waals surface area contributed by atoms with Crippen molar-refractivity contribution in [3.05, 3.63) is 89.4 Å². The molecule has 4 rings (SSSR count). The molecule has 0 atom stereocenters. The predicted molar refractivity (Wildman–Crippen MR) is 115 cm³/mol. The highest BCUT2D eigenvalue weighted by Gasteiger charge is 2.30. The molecule has 33 heavy (non-hydrogen) atoms. The molecule has 0 unspecified atom stereocenters. The van der Waals surface area contributed by atoms with E-state index in [2.05, 4.69) is 15.3 Å². The monoisotopic (exact) mass is 457 g/mol. The van der Waals surface area contributed by atoms with Gasteiger partial charge in [-0.15, -0.1) is 0 Å². The Bertz CT molecular complexity index is 1240. The van der Waals surface area contributed by atoms with Crippen LogP contribution in [0, 0.1) is 5.82 Å². The minimum atomic E-state index is -4.49. The summed E-state index contributed by atoms with van der Waals surface area (Å²) in [5.74, 6) is 0.942. The van der Waals surface area contributed by atoms with Crippen LogP contribution < -0.4 is 14.8 Å². The minimum absolute atomic E-state index is 0.102. The Morgan fingerprint density at radius 3 is 2.18 bits per heavy atom. The lowest BCUT2D eigenvalue weighted by atomic mass is 10.2. The number of rotatable bonds is 7. The number of alkyl halides is 3. The summed E-state index contributed by atoms with van der Waals surface area (Å²) in [6.07, 6.45) is -4.49. The molecule has 0 radical (unpaired) electrons. The van der Waals surface area contributed by atoms with Crippen molar-refractivity contribution in [2.75, 3.05) is 7.11 Å². The van der Waals surface area contributed by atoms with E-state index in [0.29, 0.717) is 23.7 Å². The van der Waals surface area contributed by atoms with E-state index in [9.17, 15) is 17.6 Å². The normalized spacial score (nSPS) is 11.5. The van der Waals surface area contributed by atoms with Gasteiger partial charge >= 0.3 is 6.18 Å². The third-order valence-electron chi connectivity index (χ3n) is 4.84. The molecule has 0 fully saturated rings. The Kier molecular flexibility index (Phi) is 6.41. The lowest BCUT2D eigenvalue weighted by Gasteiger charge is -2.13. The van der Waals surface area contributed by atoms with Crippen LogP contribution >= 0.6 is 0 Å². The molecule has 9 heteroatoms. The Morgan fingerprint density at radius 1 is 0.818 bits per heavy atom. The first-order valence-corrected chi connectivity index (χ1v) is 9.97. The molecule has 0 aliphatic rings. The molecule has 1 N–H and O–H groups in total. The number of halogens is 4. The maximum atomic E-state index is 13.1. The zero-order valence-corrected chi connectivity index (χ0v) is 17.5. The molecule has 1 heterocycles. The largest absolute Gasteiger partial charge is 0.497 e. The first-order valence-electron chi connectivity index (χ1n) is 9.97. The quantitative estimate of drug-likeness (QED) is 0.352. The number of nitrogens with zero attached hydrogens (tertiary/aromatic N) is 2. The number of aromatic nitrogens is 2. The van der Waals surface area contributed by atoms with E-state index in [0.717, 1.165) is 17.7 Å². The van der Waals surface area contributed by atoms with Crippen molar-refractivity contribution in [3.63, 3.8) is 0 Å². The van der Waals surface area contributed by atoms with Crippen LogP contribution in [0.15, 0.2) is 66.7 Å². The fourth-order valence-electron chi connectivity index (χ4n) is 3.13. The number of hydrogen-bond acceptors (Lipinski definition) is 5. The molecule has 170 valence electrons. The van der Waals surface area contributed by atoms with Crippen molar-refractivity contribution in [3.8, 4) is 17.4 Å². The molecule has 5 nitrogen and oxygen atoms in total. The number of benzene rings is 3. The van der Waals surface area contributed by atoms with Crippen molar-refractivity contribution in [1.82, 2.24) is 15.3 Å². The summed E-state index contributed by atoms with van der Waals surface area (Å²) < 4.78 is 63.6. The van der Waals surface area contributed by atoms with Crippen LogP contribution in [0.2, 0.25) is 0 Å². The van der Waals surface area contributed by atoms with Crippen LogP contribution in [0.25, 0.3) is 11.0 Å². The standard InChI is InChI=1S/C24H19F4N3O2/c1-32-18-7-9-19(10-8-18)33-23-22(14-29-13-15-2-5-17(25)6-3-15)30-21-12-16(24(26,27)28)4-11-20(21)31-23/h2-12,29H,13-14H2,1H3. The summed E-state index contributed by atoms with van der Waals surface area (Å²) in [6.45, 7) is 0.562. The molecule has 3 aromatic carbocycles. The van der Waals surface area contributed by atoms with Crippen molar-refractivity contribution >= 4 is 11.0 Å². The van der Waals surface area contributed by atoms with Crippen molar-refractivity contribution in [2.24, 2.45) is 0 Å². The number of nitrogens with one attached hydrogen (secondary N) is 1. The van der Waals surface area contributed by atoms with Crippen LogP contribution in [-0.4, -0.2) is 17.1 Å². The van der Waals surface area contributed by atoms with E-state index in [4.69, 9.17) is 9.47 Å². The molecule has 1 aromatic heterocycles. The Labute approximate surface area is 187 Å². The molecule has 0 spiro atoms. The first-order chi connectivity index (χ1) is 15.8. The molecule has 0 bridgehead atoms. The molecule has 4 aromatic rings. The topological polar surface area (TPSA) is 56.3 Å². The molecular weight excluding hydrogens is 438 g/mol. The highest BCUT2D eigenvalue weighted by molar-refractivity contribution is 5.76. The third-order valence-corrected chi connectivity index (χ3v) is 4.84. The number of ether oxygens (including phenoxy) is 2. The van der Waals surface area contributed by atoms with Gasteiger partial charge in [0.2, 0.25) is 5.88 Å². The van der Waals surface area contributed by atoms with E-state index in [1.807, 2.05) is 0 Å². The number of fused-ring (bicyclic) bond motifs is 1. The fraction of sp³-hybridized carbons (Fsp3) is 0.167. The van der Waals surface area contributed by atoms with Crippen molar-refractivity contribution in [2.45, 2.75) is 19.3 Å². The van der Waals surface area contributed by atoms with E-state index in [-0.39, 0.29) is 29.3 Å². The van der Waals surface area contributed by atoms with E-state index < -0.39 is 11.7 Å². The van der Waals surface area contributed by atoms with E-state index in [1.165, 1.54) is 18.2 Å². The first kappa shape index (κ1) is 22.5. The van der Waals surface area contributed by atoms with Gasteiger partial charge in [0.05, 0.1) is 23.7 Å². The molecular formula is C24H19F4N3O2. The Balaban J connectivity index is 1.64. The second-order valence-electron chi connectivity index (χ2n) is 7.18. The molecule has 0 saturated carbocycles. The minimum Gasteiger partial charge on any atom is -0.497 e. The number of hydrogen-bond donors (Lipinski definition) is 1.